The first-order valence-corrected chi connectivity index (χ1v) is 8.81. The van der Waals surface area contributed by atoms with E-state index in [1.807, 2.05) is 6.07 Å². The van der Waals surface area contributed by atoms with Crippen molar-refractivity contribution in [2.75, 3.05) is 0 Å². The molecule has 3 rings (SSSR count). The zero-order valence-electron chi connectivity index (χ0n) is 14.2. The van der Waals surface area contributed by atoms with Crippen LogP contribution in [0.3, 0.4) is 0 Å². The molecule has 0 amide bonds. The third kappa shape index (κ3) is 4.79. The van der Waals surface area contributed by atoms with Gasteiger partial charge in [0.25, 0.3) is 5.56 Å². The fourth-order valence-corrected chi connectivity index (χ4v) is 3.36. The molecule has 1 aliphatic carbocycles. The highest BCUT2D eigenvalue weighted by Gasteiger charge is 2.25. The maximum Gasteiger partial charge on any atom is 0.306 e. The van der Waals surface area contributed by atoms with Gasteiger partial charge < -0.3 is 15.0 Å². The van der Waals surface area contributed by atoms with Crippen LogP contribution < -0.4 is 10.9 Å². The third-order valence-electron chi connectivity index (χ3n) is 4.95. The number of aliphatic carboxylic acids is 1. The first-order chi connectivity index (χ1) is 12.1. The van der Waals surface area contributed by atoms with Crippen molar-refractivity contribution in [1.29, 1.82) is 0 Å². The van der Waals surface area contributed by atoms with Crippen molar-refractivity contribution in [1.82, 2.24) is 9.88 Å². The maximum absolute atomic E-state index is 11.7. The Morgan fingerprint density at radius 3 is 2.36 bits per heavy atom. The van der Waals surface area contributed by atoms with Crippen molar-refractivity contribution in [2.24, 2.45) is 5.92 Å². The summed E-state index contributed by atoms with van der Waals surface area (Å²) in [5.41, 5.74) is 2.30. The molecule has 1 fully saturated rings. The van der Waals surface area contributed by atoms with Gasteiger partial charge in [0.15, 0.2) is 0 Å². The highest BCUT2D eigenvalue weighted by Crippen LogP contribution is 2.24. The second kappa shape index (κ2) is 8.12. The molecule has 0 aliphatic heterocycles. The van der Waals surface area contributed by atoms with Crippen molar-refractivity contribution in [3.8, 4) is 0 Å². The molecule has 1 aliphatic rings. The third-order valence-corrected chi connectivity index (χ3v) is 4.95. The molecule has 1 aromatic carbocycles. The molecule has 132 valence electrons. The lowest BCUT2D eigenvalue weighted by Crippen LogP contribution is -2.34. The van der Waals surface area contributed by atoms with Gasteiger partial charge in [-0.3, -0.25) is 9.59 Å². The van der Waals surface area contributed by atoms with Crippen LogP contribution in [0.15, 0.2) is 53.5 Å². The average molecular weight is 340 g/mol. The Hall–Kier alpha value is -2.40. The second-order valence-electron chi connectivity index (χ2n) is 6.75. The molecule has 25 heavy (non-hydrogen) atoms. The minimum absolute atomic E-state index is 0.00482. The van der Waals surface area contributed by atoms with Crippen LogP contribution in [-0.4, -0.2) is 21.7 Å². The summed E-state index contributed by atoms with van der Waals surface area (Å²) in [6, 6.07) is 13.8. The van der Waals surface area contributed by atoms with Gasteiger partial charge in [-0.25, -0.2) is 0 Å². The minimum Gasteiger partial charge on any atom is -0.481 e. The second-order valence-corrected chi connectivity index (χ2v) is 6.75. The molecule has 5 nitrogen and oxygen atoms in total. The molecular weight excluding hydrogens is 316 g/mol. The summed E-state index contributed by atoms with van der Waals surface area (Å²) >= 11 is 0. The molecule has 5 heteroatoms. The largest absolute Gasteiger partial charge is 0.481 e. The summed E-state index contributed by atoms with van der Waals surface area (Å²) in [4.78, 5) is 22.7. The number of carboxylic acid groups (broad SMARTS) is 1. The summed E-state index contributed by atoms with van der Waals surface area (Å²) in [5, 5.41) is 12.6. The number of nitrogens with zero attached hydrogens (tertiary/aromatic N) is 1. The molecule has 1 saturated carbocycles. The van der Waals surface area contributed by atoms with E-state index >= 15 is 0 Å². The van der Waals surface area contributed by atoms with Crippen LogP contribution >= 0.6 is 0 Å². The SMILES string of the molecule is O=C(O)C1CCC(NCc2ccc(Cn3ccccc3=O)cc2)CC1. The van der Waals surface area contributed by atoms with Crippen molar-refractivity contribution in [3.05, 3.63) is 70.1 Å². The van der Waals surface area contributed by atoms with E-state index in [0.29, 0.717) is 12.6 Å². The topological polar surface area (TPSA) is 71.3 Å². The lowest BCUT2D eigenvalue weighted by Gasteiger charge is -2.27. The number of hydrogen-bond acceptors (Lipinski definition) is 3. The molecule has 0 spiro atoms. The Morgan fingerprint density at radius 1 is 1.04 bits per heavy atom. The molecule has 0 bridgehead atoms. The van der Waals surface area contributed by atoms with E-state index < -0.39 is 5.97 Å². The van der Waals surface area contributed by atoms with Crippen LogP contribution in [0.5, 0.6) is 0 Å². The van der Waals surface area contributed by atoms with Gasteiger partial charge in [0.1, 0.15) is 0 Å². The molecule has 1 heterocycles. The minimum atomic E-state index is -0.661. The normalized spacial score (nSPS) is 20.3. The summed E-state index contributed by atoms with van der Waals surface area (Å²) in [6.45, 7) is 1.36. The summed E-state index contributed by atoms with van der Waals surface area (Å²) in [6.07, 6.45) is 5.17. The molecule has 0 atom stereocenters. The lowest BCUT2D eigenvalue weighted by atomic mass is 9.86. The fraction of sp³-hybridized carbons (Fsp3) is 0.400. The monoisotopic (exact) mass is 340 g/mol. The van der Waals surface area contributed by atoms with Gasteiger partial charge in [0, 0.05) is 24.8 Å². The quantitative estimate of drug-likeness (QED) is 0.848. The number of carbonyl (C=O) groups is 1. The Kier molecular flexibility index (Phi) is 5.66. The predicted octanol–water partition coefficient (Wildman–Crippen LogP) is 2.63. The van der Waals surface area contributed by atoms with E-state index in [0.717, 1.165) is 37.8 Å². The number of aromatic nitrogens is 1. The molecule has 0 unspecified atom stereocenters. The van der Waals surface area contributed by atoms with Crippen LogP contribution in [-0.2, 0) is 17.9 Å². The Labute approximate surface area is 147 Å². The van der Waals surface area contributed by atoms with Gasteiger partial charge in [-0.1, -0.05) is 30.3 Å². The Morgan fingerprint density at radius 2 is 1.72 bits per heavy atom. The summed E-state index contributed by atoms with van der Waals surface area (Å²) in [5.74, 6) is -0.828. The van der Waals surface area contributed by atoms with E-state index in [1.54, 1.807) is 22.9 Å². The summed E-state index contributed by atoms with van der Waals surface area (Å²) < 4.78 is 1.69. The van der Waals surface area contributed by atoms with E-state index in [-0.39, 0.29) is 11.5 Å². The smallest absolute Gasteiger partial charge is 0.306 e. The molecule has 0 saturated heterocycles. The van der Waals surface area contributed by atoms with E-state index in [1.165, 1.54) is 5.56 Å². The standard InChI is InChI=1S/C20H24N2O3/c23-19-3-1-2-12-22(19)14-16-6-4-15(5-7-16)13-21-18-10-8-17(9-11-18)20(24)25/h1-7,12,17-18,21H,8-11,13-14H2,(H,24,25). The van der Waals surface area contributed by atoms with Crippen LogP contribution in [0.4, 0.5) is 0 Å². The van der Waals surface area contributed by atoms with E-state index in [9.17, 15) is 9.59 Å². The van der Waals surface area contributed by atoms with Gasteiger partial charge in [-0.15, -0.1) is 0 Å². The van der Waals surface area contributed by atoms with Crippen LogP contribution in [0.1, 0.15) is 36.8 Å². The van der Waals surface area contributed by atoms with Gasteiger partial charge in [0.05, 0.1) is 12.5 Å². The van der Waals surface area contributed by atoms with Crippen molar-refractivity contribution in [3.63, 3.8) is 0 Å². The number of hydrogen-bond donors (Lipinski definition) is 2. The number of nitrogens with one attached hydrogen (secondary N) is 1. The number of pyridine rings is 1. The highest BCUT2D eigenvalue weighted by atomic mass is 16.4. The number of carboxylic acids is 1. The zero-order valence-corrected chi connectivity index (χ0v) is 14.2. The Bertz CT molecular complexity index is 759. The maximum atomic E-state index is 11.7. The first-order valence-electron chi connectivity index (χ1n) is 8.81. The average Bonchev–Trinajstić information content (AvgIpc) is 2.63. The van der Waals surface area contributed by atoms with Crippen molar-refractivity contribution < 1.29 is 9.90 Å². The van der Waals surface area contributed by atoms with Crippen LogP contribution in [0, 0.1) is 5.92 Å². The fourth-order valence-electron chi connectivity index (χ4n) is 3.36. The predicted molar refractivity (Wildman–Crippen MR) is 96.5 cm³/mol. The van der Waals surface area contributed by atoms with Gasteiger partial charge in [0.2, 0.25) is 0 Å². The number of rotatable bonds is 6. The van der Waals surface area contributed by atoms with Crippen LogP contribution in [0.2, 0.25) is 0 Å². The van der Waals surface area contributed by atoms with E-state index in [2.05, 4.69) is 29.6 Å². The van der Waals surface area contributed by atoms with Gasteiger partial charge in [-0.2, -0.15) is 0 Å². The molecule has 0 radical (unpaired) electrons. The zero-order chi connectivity index (χ0) is 17.6. The van der Waals surface area contributed by atoms with E-state index in [4.69, 9.17) is 5.11 Å². The molecular formula is C20H24N2O3. The van der Waals surface area contributed by atoms with Gasteiger partial charge >= 0.3 is 5.97 Å². The molecule has 2 N–H and O–H groups in total. The lowest BCUT2D eigenvalue weighted by molar-refractivity contribution is -0.142. The van der Waals surface area contributed by atoms with Crippen molar-refractivity contribution in [2.45, 2.75) is 44.8 Å². The highest BCUT2D eigenvalue weighted by molar-refractivity contribution is 5.70. The van der Waals surface area contributed by atoms with Crippen LogP contribution in [0.25, 0.3) is 0 Å². The molecule has 1 aromatic heterocycles. The van der Waals surface area contributed by atoms with Gasteiger partial charge in [-0.05, 0) is 42.9 Å². The first kappa shape index (κ1) is 17.4. The van der Waals surface area contributed by atoms with Crippen molar-refractivity contribution >= 4 is 5.97 Å². The Balaban J connectivity index is 1.49. The molecule has 2 aromatic rings. The summed E-state index contributed by atoms with van der Waals surface area (Å²) in [7, 11) is 0. The number of benzene rings is 1.